The number of fused-ring (bicyclic) bond motifs is 2. The monoisotopic (exact) mass is 365 g/mol. The molecule has 0 bridgehead atoms. The number of rotatable bonds is 4. The number of hydrogen-bond donors (Lipinski definition) is 2. The first-order chi connectivity index (χ1) is 13.1. The summed E-state index contributed by atoms with van der Waals surface area (Å²) in [7, 11) is 0. The van der Waals surface area contributed by atoms with Gasteiger partial charge in [-0.2, -0.15) is 5.10 Å². The van der Waals surface area contributed by atoms with Crippen LogP contribution in [-0.2, 0) is 9.53 Å². The molecule has 0 unspecified atom stereocenters. The van der Waals surface area contributed by atoms with Crippen molar-refractivity contribution in [3.8, 4) is 5.75 Å². The van der Waals surface area contributed by atoms with E-state index in [-0.39, 0.29) is 17.6 Å². The van der Waals surface area contributed by atoms with Crippen LogP contribution in [0.5, 0.6) is 5.75 Å². The molecule has 3 aromatic rings. The Hall–Kier alpha value is -3.35. The number of aromatic nitrogens is 2. The number of benzene rings is 2. The summed E-state index contributed by atoms with van der Waals surface area (Å²) < 4.78 is 10.9. The number of H-pyrrole nitrogens is 1. The summed E-state index contributed by atoms with van der Waals surface area (Å²) in [5.74, 6) is -0.228. The topological polar surface area (TPSA) is 93.3 Å². The molecule has 0 fully saturated rings. The molecule has 2 atom stereocenters. The van der Waals surface area contributed by atoms with Crippen LogP contribution in [0.15, 0.2) is 48.5 Å². The Morgan fingerprint density at radius 2 is 2.00 bits per heavy atom. The molecule has 0 aliphatic carbocycles. The van der Waals surface area contributed by atoms with Crippen molar-refractivity contribution >= 4 is 22.8 Å². The Bertz CT molecular complexity index is 998. The highest BCUT2D eigenvalue weighted by molar-refractivity contribution is 6.02. The molecule has 1 amide bonds. The Kier molecular flexibility index (Phi) is 4.50. The molecule has 0 saturated carbocycles. The summed E-state index contributed by atoms with van der Waals surface area (Å²) in [6.45, 7) is 2.07. The molecule has 7 nitrogen and oxygen atoms in total. The summed E-state index contributed by atoms with van der Waals surface area (Å²) in [6.07, 6.45) is -0.282. The molecule has 7 heteroatoms. The maximum Gasteiger partial charge on any atom is 0.360 e. The molecular weight excluding hydrogens is 346 g/mol. The number of amides is 1. The van der Waals surface area contributed by atoms with Gasteiger partial charge in [0.25, 0.3) is 5.91 Å². The third-order valence-electron chi connectivity index (χ3n) is 4.59. The number of ether oxygens (including phenoxy) is 2. The quantitative estimate of drug-likeness (QED) is 0.694. The molecule has 1 aliphatic heterocycles. The maximum atomic E-state index is 12.5. The normalized spacial score (nSPS) is 16.9. The lowest BCUT2D eigenvalue weighted by atomic mass is 10.0. The fourth-order valence-corrected chi connectivity index (χ4v) is 3.17. The Morgan fingerprint density at radius 3 is 2.89 bits per heavy atom. The molecule has 1 aromatic heterocycles. The van der Waals surface area contributed by atoms with Crippen molar-refractivity contribution in [1.29, 1.82) is 0 Å². The summed E-state index contributed by atoms with van der Waals surface area (Å²) >= 11 is 0. The second-order valence-corrected chi connectivity index (χ2v) is 6.40. The van der Waals surface area contributed by atoms with Crippen LogP contribution in [-0.4, -0.2) is 34.8 Å². The number of nitrogens with one attached hydrogen (secondary N) is 2. The van der Waals surface area contributed by atoms with Crippen LogP contribution >= 0.6 is 0 Å². The van der Waals surface area contributed by atoms with E-state index in [2.05, 4.69) is 15.5 Å². The predicted octanol–water partition coefficient (Wildman–Crippen LogP) is 2.75. The summed E-state index contributed by atoms with van der Waals surface area (Å²) in [4.78, 5) is 25.0. The number of nitrogens with zero attached hydrogens (tertiary/aromatic N) is 1. The maximum absolute atomic E-state index is 12.5. The van der Waals surface area contributed by atoms with Gasteiger partial charge < -0.3 is 14.8 Å². The van der Waals surface area contributed by atoms with Gasteiger partial charge in [-0.3, -0.25) is 9.89 Å². The van der Waals surface area contributed by atoms with Gasteiger partial charge >= 0.3 is 5.97 Å². The van der Waals surface area contributed by atoms with E-state index in [9.17, 15) is 9.59 Å². The lowest BCUT2D eigenvalue weighted by Gasteiger charge is -2.27. The van der Waals surface area contributed by atoms with Gasteiger partial charge in [-0.15, -0.1) is 0 Å². The van der Waals surface area contributed by atoms with E-state index in [1.165, 1.54) is 0 Å². The fourth-order valence-electron chi connectivity index (χ4n) is 3.17. The van der Waals surface area contributed by atoms with Gasteiger partial charge in [-0.1, -0.05) is 36.4 Å². The summed E-state index contributed by atoms with van der Waals surface area (Å²) in [6, 6.07) is 14.7. The zero-order chi connectivity index (χ0) is 18.8. The second-order valence-electron chi connectivity index (χ2n) is 6.40. The first-order valence-corrected chi connectivity index (χ1v) is 8.79. The van der Waals surface area contributed by atoms with Crippen LogP contribution in [0.2, 0.25) is 0 Å². The number of para-hydroxylation sites is 2. The fraction of sp³-hybridized carbons (Fsp3) is 0.250. The lowest BCUT2D eigenvalue weighted by Crippen LogP contribution is -2.39. The van der Waals surface area contributed by atoms with Gasteiger partial charge in [-0.25, -0.2) is 4.79 Å². The molecule has 0 saturated heterocycles. The van der Waals surface area contributed by atoms with E-state index < -0.39 is 12.1 Å². The van der Waals surface area contributed by atoms with Gasteiger partial charge in [0.15, 0.2) is 11.8 Å². The van der Waals surface area contributed by atoms with Gasteiger partial charge in [0.1, 0.15) is 5.75 Å². The zero-order valence-corrected chi connectivity index (χ0v) is 14.8. The number of aromatic amines is 1. The van der Waals surface area contributed by atoms with Crippen LogP contribution in [0.4, 0.5) is 0 Å². The third-order valence-corrected chi connectivity index (χ3v) is 4.59. The third kappa shape index (κ3) is 3.36. The molecule has 1 aliphatic rings. The van der Waals surface area contributed by atoms with Crippen LogP contribution in [0.3, 0.4) is 0 Å². The van der Waals surface area contributed by atoms with Crippen molar-refractivity contribution in [2.45, 2.75) is 25.5 Å². The van der Waals surface area contributed by atoms with E-state index >= 15 is 0 Å². The van der Waals surface area contributed by atoms with E-state index in [0.29, 0.717) is 18.4 Å². The van der Waals surface area contributed by atoms with E-state index in [1.54, 1.807) is 13.0 Å². The van der Waals surface area contributed by atoms with Crippen molar-refractivity contribution in [3.63, 3.8) is 0 Å². The van der Waals surface area contributed by atoms with Crippen molar-refractivity contribution in [1.82, 2.24) is 15.5 Å². The van der Waals surface area contributed by atoms with Crippen molar-refractivity contribution in [2.24, 2.45) is 0 Å². The average Bonchev–Trinajstić information content (AvgIpc) is 3.12. The van der Waals surface area contributed by atoms with Gasteiger partial charge in [0.2, 0.25) is 0 Å². The number of carbonyl (C=O) groups is 2. The zero-order valence-electron chi connectivity index (χ0n) is 14.8. The predicted molar refractivity (Wildman–Crippen MR) is 98.4 cm³/mol. The van der Waals surface area contributed by atoms with Crippen LogP contribution in [0, 0.1) is 0 Å². The number of esters is 1. The highest BCUT2D eigenvalue weighted by atomic mass is 16.5. The van der Waals surface area contributed by atoms with Crippen LogP contribution < -0.4 is 10.1 Å². The molecule has 4 rings (SSSR count). The standard InChI is InChI=1S/C20H19N3O4/c1-12(27-20(25)18-14-7-2-4-8-16(14)22-23-18)19(24)21-15-10-11-26-17-9-5-3-6-13(15)17/h2-9,12,15H,10-11H2,1H3,(H,21,24)(H,22,23)/t12-,15+/m0/s1. The summed E-state index contributed by atoms with van der Waals surface area (Å²) in [5.41, 5.74) is 1.83. The Morgan fingerprint density at radius 1 is 1.22 bits per heavy atom. The Balaban J connectivity index is 1.43. The number of hydrogen-bond acceptors (Lipinski definition) is 5. The highest BCUT2D eigenvalue weighted by Gasteiger charge is 2.27. The smallest absolute Gasteiger partial charge is 0.360 e. The molecule has 138 valence electrons. The van der Waals surface area contributed by atoms with Crippen LogP contribution in [0.1, 0.15) is 35.4 Å². The molecule has 0 radical (unpaired) electrons. The first kappa shape index (κ1) is 17.1. The highest BCUT2D eigenvalue weighted by Crippen LogP contribution is 2.31. The number of carbonyl (C=O) groups excluding carboxylic acids is 2. The Labute approximate surface area is 155 Å². The molecule has 2 heterocycles. The minimum atomic E-state index is -0.942. The molecule has 2 N–H and O–H groups in total. The largest absolute Gasteiger partial charge is 0.493 e. The van der Waals surface area contributed by atoms with Crippen molar-refractivity contribution < 1.29 is 19.1 Å². The van der Waals surface area contributed by atoms with Crippen molar-refractivity contribution in [3.05, 3.63) is 59.8 Å². The minimum Gasteiger partial charge on any atom is -0.493 e. The van der Waals surface area contributed by atoms with Crippen molar-refractivity contribution in [2.75, 3.05) is 6.61 Å². The van der Waals surface area contributed by atoms with Gasteiger partial charge in [0.05, 0.1) is 18.2 Å². The van der Waals surface area contributed by atoms with E-state index in [4.69, 9.17) is 9.47 Å². The first-order valence-electron chi connectivity index (χ1n) is 8.79. The van der Waals surface area contributed by atoms with Gasteiger partial charge in [-0.05, 0) is 19.1 Å². The van der Waals surface area contributed by atoms with Gasteiger partial charge in [0, 0.05) is 17.4 Å². The van der Waals surface area contributed by atoms with E-state index in [1.807, 2.05) is 42.5 Å². The molecule has 27 heavy (non-hydrogen) atoms. The second kappa shape index (κ2) is 7.11. The van der Waals surface area contributed by atoms with Crippen LogP contribution in [0.25, 0.3) is 10.9 Å². The average molecular weight is 365 g/mol. The minimum absolute atomic E-state index is 0.168. The molecule has 2 aromatic carbocycles. The summed E-state index contributed by atoms with van der Waals surface area (Å²) in [5, 5.41) is 10.4. The molecular formula is C20H19N3O4. The lowest BCUT2D eigenvalue weighted by molar-refractivity contribution is -0.130. The van der Waals surface area contributed by atoms with E-state index in [0.717, 1.165) is 16.8 Å². The SMILES string of the molecule is C[C@H](OC(=O)c1n[nH]c2ccccc12)C(=O)N[C@@H]1CCOc2ccccc21. The molecule has 0 spiro atoms.